The van der Waals surface area contributed by atoms with Crippen molar-refractivity contribution >= 4 is 18.3 Å². The van der Waals surface area contributed by atoms with E-state index in [1.54, 1.807) is 19.3 Å². The van der Waals surface area contributed by atoms with E-state index in [0.717, 1.165) is 28.9 Å². The zero-order valence-corrected chi connectivity index (χ0v) is 16.9. The molecular formula is C21H26ClN5O. The van der Waals surface area contributed by atoms with Crippen molar-refractivity contribution in [1.29, 1.82) is 0 Å². The summed E-state index contributed by atoms with van der Waals surface area (Å²) in [6.45, 7) is 4.15. The molecule has 0 radical (unpaired) electrons. The number of nitrogens with two attached hydrogens (primary N) is 1. The molecule has 3 rings (SSSR count). The Morgan fingerprint density at radius 2 is 1.86 bits per heavy atom. The zero-order valence-electron chi connectivity index (χ0n) is 16.1. The van der Waals surface area contributed by atoms with Crippen LogP contribution in [0.15, 0.2) is 61.1 Å². The van der Waals surface area contributed by atoms with Gasteiger partial charge in [-0.1, -0.05) is 31.5 Å². The highest BCUT2D eigenvalue weighted by Gasteiger charge is 2.27. The Kier molecular flexibility index (Phi) is 7.31. The summed E-state index contributed by atoms with van der Waals surface area (Å²) in [5.41, 5.74) is 8.91. The number of para-hydroxylation sites is 1. The minimum Gasteiger partial charge on any atom is -0.350 e. The van der Waals surface area contributed by atoms with Crippen LogP contribution < -0.4 is 11.1 Å². The zero-order chi connectivity index (χ0) is 19.3. The number of nitrogens with zero attached hydrogens (tertiary/aromatic N) is 3. The van der Waals surface area contributed by atoms with Crippen molar-refractivity contribution in [2.45, 2.75) is 38.8 Å². The summed E-state index contributed by atoms with van der Waals surface area (Å²) in [4.78, 5) is 16.6. The van der Waals surface area contributed by atoms with Gasteiger partial charge in [0, 0.05) is 36.3 Å². The molecular weight excluding hydrogens is 374 g/mol. The number of hydrogen-bond donors (Lipinski definition) is 2. The summed E-state index contributed by atoms with van der Waals surface area (Å²) in [6, 6.07) is 13.7. The van der Waals surface area contributed by atoms with Gasteiger partial charge in [0.05, 0.1) is 16.9 Å². The van der Waals surface area contributed by atoms with Crippen molar-refractivity contribution in [3.05, 3.63) is 66.6 Å². The van der Waals surface area contributed by atoms with Gasteiger partial charge in [-0.2, -0.15) is 5.10 Å². The number of aromatic nitrogens is 3. The predicted octanol–water partition coefficient (Wildman–Crippen LogP) is 3.49. The smallest absolute Gasteiger partial charge is 0.240 e. The second-order valence-corrected chi connectivity index (χ2v) is 6.87. The lowest BCUT2D eigenvalue weighted by atomic mass is 9.96. The molecule has 0 saturated carbocycles. The summed E-state index contributed by atoms with van der Waals surface area (Å²) in [6.07, 6.45) is 6.90. The molecule has 148 valence electrons. The molecule has 3 N–H and O–H groups in total. The topological polar surface area (TPSA) is 85.8 Å². The number of nitrogens with one attached hydrogen (secondary N) is 1. The summed E-state index contributed by atoms with van der Waals surface area (Å²) in [7, 11) is 0. The summed E-state index contributed by atoms with van der Waals surface area (Å²) in [5.74, 6) is -0.155. The number of hydrogen-bond acceptors (Lipinski definition) is 4. The van der Waals surface area contributed by atoms with Crippen molar-refractivity contribution in [2.75, 3.05) is 0 Å². The van der Waals surface area contributed by atoms with E-state index in [9.17, 15) is 4.79 Å². The predicted molar refractivity (Wildman–Crippen MR) is 113 cm³/mol. The Morgan fingerprint density at radius 3 is 2.50 bits per heavy atom. The van der Waals surface area contributed by atoms with Crippen LogP contribution in [0.5, 0.6) is 0 Å². The lowest BCUT2D eigenvalue weighted by Gasteiger charge is -2.22. The highest BCUT2D eigenvalue weighted by atomic mass is 35.5. The van der Waals surface area contributed by atoms with E-state index >= 15 is 0 Å². The second kappa shape index (κ2) is 9.48. The number of benzene rings is 1. The van der Waals surface area contributed by atoms with Crippen LogP contribution in [-0.2, 0) is 11.3 Å². The Bertz CT molecular complexity index is 894. The first-order valence-electron chi connectivity index (χ1n) is 9.13. The molecule has 1 aromatic carbocycles. The largest absolute Gasteiger partial charge is 0.350 e. The Balaban J connectivity index is 0.00000280. The van der Waals surface area contributed by atoms with Crippen LogP contribution in [0.4, 0.5) is 0 Å². The van der Waals surface area contributed by atoms with E-state index in [2.05, 4.69) is 10.3 Å². The SMILES string of the molecule is CCCC(C)(N)C(=O)NCc1cn(-c2ccccc2)nc1-c1ccncc1.Cl. The Hall–Kier alpha value is -2.70. The van der Waals surface area contributed by atoms with Gasteiger partial charge in [0.2, 0.25) is 5.91 Å². The number of pyridine rings is 1. The quantitative estimate of drug-likeness (QED) is 0.636. The van der Waals surface area contributed by atoms with E-state index < -0.39 is 5.54 Å². The number of carbonyl (C=O) groups is 1. The molecule has 1 atom stereocenters. The fourth-order valence-electron chi connectivity index (χ4n) is 3.02. The van der Waals surface area contributed by atoms with E-state index in [0.29, 0.717) is 13.0 Å². The van der Waals surface area contributed by atoms with Crippen molar-refractivity contribution in [3.8, 4) is 16.9 Å². The van der Waals surface area contributed by atoms with Crippen LogP contribution in [0.25, 0.3) is 16.9 Å². The van der Waals surface area contributed by atoms with Crippen molar-refractivity contribution in [2.24, 2.45) is 5.73 Å². The fourth-order valence-corrected chi connectivity index (χ4v) is 3.02. The van der Waals surface area contributed by atoms with Crippen molar-refractivity contribution < 1.29 is 4.79 Å². The number of amides is 1. The molecule has 1 unspecified atom stereocenters. The third kappa shape index (κ3) is 4.97. The standard InChI is InChI=1S/C21H25N5O.ClH/c1-3-11-21(2,22)20(27)24-14-17-15-26(18-7-5-4-6-8-18)25-19(17)16-9-12-23-13-10-16;/h4-10,12-13,15H,3,11,14,22H2,1-2H3,(H,24,27);1H. The maximum Gasteiger partial charge on any atom is 0.240 e. The fraction of sp³-hybridized carbons (Fsp3) is 0.286. The molecule has 2 aromatic heterocycles. The molecule has 0 aliphatic carbocycles. The van der Waals surface area contributed by atoms with Gasteiger partial charge in [0.25, 0.3) is 0 Å². The van der Waals surface area contributed by atoms with Crippen LogP contribution in [0, 0.1) is 0 Å². The highest BCUT2D eigenvalue weighted by molar-refractivity contribution is 5.86. The van der Waals surface area contributed by atoms with Gasteiger partial charge in [0.1, 0.15) is 0 Å². The Labute approximate surface area is 171 Å². The monoisotopic (exact) mass is 399 g/mol. The van der Waals surface area contributed by atoms with Crippen LogP contribution >= 0.6 is 12.4 Å². The van der Waals surface area contributed by atoms with Gasteiger partial charge >= 0.3 is 0 Å². The second-order valence-electron chi connectivity index (χ2n) is 6.87. The molecule has 0 saturated heterocycles. The van der Waals surface area contributed by atoms with E-state index in [-0.39, 0.29) is 18.3 Å². The van der Waals surface area contributed by atoms with Crippen molar-refractivity contribution in [1.82, 2.24) is 20.1 Å². The maximum absolute atomic E-state index is 12.5. The molecule has 0 aliphatic rings. The van der Waals surface area contributed by atoms with Gasteiger partial charge < -0.3 is 11.1 Å². The lowest BCUT2D eigenvalue weighted by molar-refractivity contribution is -0.126. The molecule has 0 spiro atoms. The lowest BCUT2D eigenvalue weighted by Crippen LogP contribution is -2.51. The van der Waals surface area contributed by atoms with Crippen LogP contribution in [-0.4, -0.2) is 26.2 Å². The summed E-state index contributed by atoms with van der Waals surface area (Å²) < 4.78 is 1.82. The number of carbonyl (C=O) groups excluding carboxylic acids is 1. The van der Waals surface area contributed by atoms with Crippen LogP contribution in [0.1, 0.15) is 32.3 Å². The first-order chi connectivity index (χ1) is 13.0. The third-order valence-electron chi connectivity index (χ3n) is 4.49. The minimum absolute atomic E-state index is 0. The van der Waals surface area contributed by atoms with Crippen molar-refractivity contribution in [3.63, 3.8) is 0 Å². The molecule has 1 amide bonds. The van der Waals surface area contributed by atoms with Crippen LogP contribution in [0.2, 0.25) is 0 Å². The van der Waals surface area contributed by atoms with E-state index in [4.69, 9.17) is 10.8 Å². The van der Waals surface area contributed by atoms with Crippen LogP contribution in [0.3, 0.4) is 0 Å². The normalized spacial score (nSPS) is 12.7. The molecule has 0 aliphatic heterocycles. The minimum atomic E-state index is -0.874. The average molecular weight is 400 g/mol. The summed E-state index contributed by atoms with van der Waals surface area (Å²) in [5, 5.41) is 7.70. The number of halogens is 1. The molecule has 7 heteroatoms. The first kappa shape index (κ1) is 21.6. The average Bonchev–Trinajstić information content (AvgIpc) is 3.11. The summed E-state index contributed by atoms with van der Waals surface area (Å²) >= 11 is 0. The molecule has 2 heterocycles. The van der Waals surface area contributed by atoms with E-state index in [1.165, 1.54) is 0 Å². The Morgan fingerprint density at radius 1 is 1.18 bits per heavy atom. The molecule has 0 bridgehead atoms. The first-order valence-corrected chi connectivity index (χ1v) is 9.13. The molecule has 0 fully saturated rings. The van der Waals surface area contributed by atoms with Gasteiger partial charge in [-0.15, -0.1) is 12.4 Å². The highest BCUT2D eigenvalue weighted by Crippen LogP contribution is 2.23. The third-order valence-corrected chi connectivity index (χ3v) is 4.49. The molecule has 28 heavy (non-hydrogen) atoms. The van der Waals surface area contributed by atoms with E-state index in [1.807, 2.05) is 60.3 Å². The van der Waals surface area contributed by atoms with Gasteiger partial charge in [-0.3, -0.25) is 9.78 Å². The number of rotatable bonds is 7. The van der Waals surface area contributed by atoms with Gasteiger partial charge in [0.15, 0.2) is 0 Å². The van der Waals surface area contributed by atoms with Gasteiger partial charge in [-0.25, -0.2) is 4.68 Å². The molecule has 3 aromatic rings. The molecule has 6 nitrogen and oxygen atoms in total. The maximum atomic E-state index is 12.5. The van der Waals surface area contributed by atoms with Gasteiger partial charge in [-0.05, 0) is 37.6 Å².